The summed E-state index contributed by atoms with van der Waals surface area (Å²) in [6.45, 7) is 14.0. The van der Waals surface area contributed by atoms with Gasteiger partial charge in [-0.25, -0.2) is 0 Å². The van der Waals surface area contributed by atoms with Gasteiger partial charge in [-0.2, -0.15) is 13.2 Å². The van der Waals surface area contributed by atoms with Crippen molar-refractivity contribution in [3.63, 3.8) is 0 Å². The minimum atomic E-state index is -4.09. The summed E-state index contributed by atoms with van der Waals surface area (Å²) in [6.07, 6.45) is -1.46. The van der Waals surface area contributed by atoms with Crippen LogP contribution in [0.4, 0.5) is 13.2 Å². The summed E-state index contributed by atoms with van der Waals surface area (Å²) in [5, 5.41) is 3.39. The van der Waals surface area contributed by atoms with Gasteiger partial charge in [0.1, 0.15) is 0 Å². The fourth-order valence-corrected chi connectivity index (χ4v) is 3.83. The summed E-state index contributed by atoms with van der Waals surface area (Å²) in [5.74, 6) is 1.44. The van der Waals surface area contributed by atoms with E-state index >= 15 is 0 Å². The lowest BCUT2D eigenvalue weighted by Crippen LogP contribution is -2.72. The number of aliphatic imine (C=N–C) groups is 1. The van der Waals surface area contributed by atoms with E-state index in [0.717, 1.165) is 44.9 Å². The molecule has 160 valence electrons. The molecule has 0 aromatic carbocycles. The zero-order valence-corrected chi connectivity index (χ0v) is 19.7. The molecule has 4 nitrogen and oxygen atoms in total. The second-order valence-corrected chi connectivity index (χ2v) is 8.89. The average Bonchev–Trinajstić information content (AvgIpc) is 2.52. The average molecular weight is 504 g/mol. The Morgan fingerprint density at radius 3 is 2.19 bits per heavy atom. The van der Waals surface area contributed by atoms with E-state index in [-0.39, 0.29) is 34.9 Å². The molecule has 1 N–H and O–H groups in total. The second-order valence-electron chi connectivity index (χ2n) is 8.89. The number of nitrogens with one attached hydrogen (secondary N) is 1. The molecule has 2 aliphatic heterocycles. The molecule has 0 bridgehead atoms. The Labute approximate surface area is 179 Å². The first-order chi connectivity index (χ1) is 12.0. The Hall–Kier alpha value is -0.250. The molecule has 0 amide bonds. The van der Waals surface area contributed by atoms with Crippen LogP contribution < -0.4 is 5.32 Å². The van der Waals surface area contributed by atoms with Gasteiger partial charge in [0.05, 0.1) is 6.54 Å². The lowest BCUT2D eigenvalue weighted by Gasteiger charge is -2.62. The van der Waals surface area contributed by atoms with Crippen LogP contribution in [0.5, 0.6) is 0 Å². The number of nitrogens with zero attached hydrogens (tertiary/aromatic N) is 3. The van der Waals surface area contributed by atoms with Gasteiger partial charge >= 0.3 is 6.18 Å². The van der Waals surface area contributed by atoms with E-state index in [4.69, 9.17) is 4.99 Å². The number of likely N-dealkylation sites (tertiary alicyclic amines) is 2. The lowest BCUT2D eigenvalue weighted by atomic mass is 9.65. The Bertz CT molecular complexity index is 498. The molecule has 2 heterocycles. The van der Waals surface area contributed by atoms with Gasteiger partial charge in [0.2, 0.25) is 0 Å². The number of halogens is 4. The first kappa shape index (κ1) is 24.8. The third kappa shape index (κ3) is 6.37. The van der Waals surface area contributed by atoms with Crippen LogP contribution in [-0.4, -0.2) is 66.7 Å². The van der Waals surface area contributed by atoms with Crippen molar-refractivity contribution < 1.29 is 13.2 Å². The van der Waals surface area contributed by atoms with Crippen molar-refractivity contribution >= 4 is 29.9 Å². The molecule has 0 aromatic heterocycles. The molecule has 0 spiro atoms. The van der Waals surface area contributed by atoms with Crippen LogP contribution in [0.3, 0.4) is 0 Å². The van der Waals surface area contributed by atoms with Gasteiger partial charge in [-0.1, -0.05) is 13.8 Å². The Kier molecular flexibility index (Phi) is 8.72. The van der Waals surface area contributed by atoms with Crippen LogP contribution in [0.25, 0.3) is 0 Å². The summed E-state index contributed by atoms with van der Waals surface area (Å²) in [4.78, 5) is 8.67. The SMILES string of the molecule is CCNC(=NCCC1CCN(CC(F)(F)F)CC1)N1CC(C)(C)C1(C)C.I. The number of hydrogen-bond donors (Lipinski definition) is 1. The standard InChI is InChI=1S/C19H35F3N4.HI/c1-6-23-16(26-13-17(2,3)18(26,4)5)24-10-7-15-8-11-25(12-9-15)14-19(20,21)22;/h15H,6-14H2,1-5H3,(H,23,24);1H. The predicted molar refractivity (Wildman–Crippen MR) is 116 cm³/mol. The van der Waals surface area contributed by atoms with Crippen LogP contribution in [0.15, 0.2) is 4.99 Å². The van der Waals surface area contributed by atoms with Crippen LogP contribution in [0.2, 0.25) is 0 Å². The molecule has 2 fully saturated rings. The molecule has 2 aliphatic rings. The third-order valence-electron chi connectivity index (χ3n) is 6.38. The zero-order valence-electron chi connectivity index (χ0n) is 17.3. The predicted octanol–water partition coefficient (Wildman–Crippen LogP) is 4.35. The smallest absolute Gasteiger partial charge is 0.356 e. The maximum atomic E-state index is 12.5. The van der Waals surface area contributed by atoms with Gasteiger partial charge in [0, 0.05) is 30.6 Å². The Morgan fingerprint density at radius 2 is 1.74 bits per heavy atom. The van der Waals surface area contributed by atoms with Crippen molar-refractivity contribution in [2.75, 3.05) is 39.3 Å². The van der Waals surface area contributed by atoms with E-state index in [1.165, 1.54) is 4.90 Å². The van der Waals surface area contributed by atoms with Crippen LogP contribution in [-0.2, 0) is 0 Å². The van der Waals surface area contributed by atoms with Gasteiger partial charge in [0.15, 0.2) is 5.96 Å². The van der Waals surface area contributed by atoms with Crippen molar-refractivity contribution in [3.8, 4) is 0 Å². The van der Waals surface area contributed by atoms with Gasteiger partial charge in [-0.15, -0.1) is 24.0 Å². The van der Waals surface area contributed by atoms with Crippen LogP contribution >= 0.6 is 24.0 Å². The molecular weight excluding hydrogens is 468 g/mol. The summed E-state index contributed by atoms with van der Waals surface area (Å²) >= 11 is 0. The zero-order chi connectivity index (χ0) is 19.6. The van der Waals surface area contributed by atoms with E-state index in [1.54, 1.807) is 0 Å². The first-order valence-electron chi connectivity index (χ1n) is 9.81. The molecule has 0 radical (unpaired) electrons. The molecule has 2 rings (SSSR count). The van der Waals surface area contributed by atoms with E-state index < -0.39 is 12.7 Å². The fraction of sp³-hybridized carbons (Fsp3) is 0.947. The van der Waals surface area contributed by atoms with Crippen LogP contribution in [0.1, 0.15) is 53.9 Å². The van der Waals surface area contributed by atoms with Crippen molar-refractivity contribution in [2.24, 2.45) is 16.3 Å². The first-order valence-corrected chi connectivity index (χ1v) is 9.81. The molecule has 2 saturated heterocycles. The number of guanidine groups is 1. The van der Waals surface area contributed by atoms with Crippen molar-refractivity contribution in [1.82, 2.24) is 15.1 Å². The van der Waals surface area contributed by atoms with Gasteiger partial charge in [-0.05, 0) is 59.0 Å². The maximum absolute atomic E-state index is 12.5. The minimum Gasteiger partial charge on any atom is -0.356 e. The van der Waals surface area contributed by atoms with E-state index in [0.29, 0.717) is 19.0 Å². The number of piperidine rings is 1. The molecule has 0 saturated carbocycles. The molecule has 27 heavy (non-hydrogen) atoms. The molecule has 0 aromatic rings. The summed E-state index contributed by atoms with van der Waals surface area (Å²) in [7, 11) is 0. The highest BCUT2D eigenvalue weighted by atomic mass is 127. The largest absolute Gasteiger partial charge is 0.401 e. The Balaban J connectivity index is 0.00000364. The highest BCUT2D eigenvalue weighted by Crippen LogP contribution is 2.46. The molecular formula is C19H36F3IN4. The third-order valence-corrected chi connectivity index (χ3v) is 6.38. The van der Waals surface area contributed by atoms with Crippen LogP contribution in [0, 0.1) is 11.3 Å². The van der Waals surface area contributed by atoms with E-state index in [9.17, 15) is 13.2 Å². The molecule has 8 heteroatoms. The normalized spacial score (nSPS) is 23.6. The second kappa shape index (κ2) is 9.50. The van der Waals surface area contributed by atoms with E-state index in [1.807, 2.05) is 0 Å². The minimum absolute atomic E-state index is 0. The molecule has 0 unspecified atom stereocenters. The number of rotatable bonds is 5. The Morgan fingerprint density at radius 1 is 1.15 bits per heavy atom. The fourth-order valence-electron chi connectivity index (χ4n) is 3.83. The summed E-state index contributed by atoms with van der Waals surface area (Å²) in [6, 6.07) is 0. The maximum Gasteiger partial charge on any atom is 0.401 e. The van der Waals surface area contributed by atoms with Gasteiger partial charge < -0.3 is 10.2 Å². The van der Waals surface area contributed by atoms with E-state index in [2.05, 4.69) is 44.8 Å². The highest BCUT2D eigenvalue weighted by molar-refractivity contribution is 14.0. The van der Waals surface area contributed by atoms with Gasteiger partial charge in [-0.3, -0.25) is 9.89 Å². The van der Waals surface area contributed by atoms with Crippen molar-refractivity contribution in [1.29, 1.82) is 0 Å². The summed E-state index contributed by atoms with van der Waals surface area (Å²) < 4.78 is 37.4. The van der Waals surface area contributed by atoms with Crippen molar-refractivity contribution in [2.45, 2.75) is 65.6 Å². The molecule has 0 aliphatic carbocycles. The molecule has 0 atom stereocenters. The van der Waals surface area contributed by atoms with Crippen molar-refractivity contribution in [3.05, 3.63) is 0 Å². The quantitative estimate of drug-likeness (QED) is 0.343. The topological polar surface area (TPSA) is 30.9 Å². The lowest BCUT2D eigenvalue weighted by molar-refractivity contribution is -0.148. The summed E-state index contributed by atoms with van der Waals surface area (Å²) in [5.41, 5.74) is 0.325. The highest BCUT2D eigenvalue weighted by Gasteiger charge is 2.53. The number of alkyl halides is 3. The van der Waals surface area contributed by atoms with Gasteiger partial charge in [0.25, 0.3) is 0 Å². The number of hydrogen-bond acceptors (Lipinski definition) is 2. The monoisotopic (exact) mass is 504 g/mol.